The minimum atomic E-state index is -0.496. The van der Waals surface area contributed by atoms with Gasteiger partial charge in [-0.3, -0.25) is 9.59 Å². The zero-order chi connectivity index (χ0) is 27.7. The van der Waals surface area contributed by atoms with Gasteiger partial charge < -0.3 is 5.73 Å². The van der Waals surface area contributed by atoms with Crippen LogP contribution in [0.3, 0.4) is 0 Å². The molecule has 0 saturated heterocycles. The van der Waals surface area contributed by atoms with Crippen LogP contribution >= 0.6 is 0 Å². The highest BCUT2D eigenvalue weighted by Crippen LogP contribution is 2.65. The summed E-state index contributed by atoms with van der Waals surface area (Å²) in [5.41, 5.74) is 7.38. The highest BCUT2D eigenvalue weighted by Gasteiger charge is 2.58. The summed E-state index contributed by atoms with van der Waals surface area (Å²) in [7, 11) is 0. The summed E-state index contributed by atoms with van der Waals surface area (Å²) in [6.45, 7) is 21.7. The van der Waals surface area contributed by atoms with Crippen molar-refractivity contribution in [3.05, 3.63) is 23.3 Å². The lowest BCUT2D eigenvalue weighted by Crippen LogP contribution is -2.53. The monoisotopic (exact) mass is 496 g/mol. The molecule has 2 rings (SSSR count). The minimum Gasteiger partial charge on any atom is -0.325 e. The lowest BCUT2D eigenvalue weighted by atomic mass is 9.44. The molecule has 1 saturated carbocycles. The van der Waals surface area contributed by atoms with Gasteiger partial charge in [0.15, 0.2) is 11.6 Å². The maximum absolute atomic E-state index is 12.8. The fourth-order valence-corrected chi connectivity index (χ4v) is 7.16. The van der Waals surface area contributed by atoms with E-state index in [1.165, 1.54) is 12.8 Å². The molecular weight excluding hydrogens is 444 g/mol. The van der Waals surface area contributed by atoms with Crippen molar-refractivity contribution in [3.63, 3.8) is 0 Å². The van der Waals surface area contributed by atoms with E-state index in [0.29, 0.717) is 5.41 Å². The van der Waals surface area contributed by atoms with E-state index in [1.54, 1.807) is 6.92 Å². The zero-order valence-corrected chi connectivity index (χ0v) is 24.8. The Morgan fingerprint density at radius 3 is 2.25 bits per heavy atom. The number of nitrogens with zero attached hydrogens (tertiary/aromatic N) is 1. The first-order chi connectivity index (χ1) is 16.4. The molecule has 1 fully saturated rings. The Morgan fingerprint density at radius 2 is 1.72 bits per heavy atom. The largest absolute Gasteiger partial charge is 0.325 e. The quantitative estimate of drug-likeness (QED) is 0.314. The van der Waals surface area contributed by atoms with Crippen molar-refractivity contribution in [2.45, 2.75) is 126 Å². The number of ketones is 2. The summed E-state index contributed by atoms with van der Waals surface area (Å²) < 4.78 is 0. The molecule has 4 nitrogen and oxygen atoms in total. The average Bonchev–Trinajstić information content (AvgIpc) is 2.76. The van der Waals surface area contributed by atoms with Crippen molar-refractivity contribution < 1.29 is 9.59 Å². The summed E-state index contributed by atoms with van der Waals surface area (Å²) in [5.74, 6) is -0.171. The van der Waals surface area contributed by atoms with Gasteiger partial charge in [0, 0.05) is 16.9 Å². The second kappa shape index (κ2) is 10.6. The topological polar surface area (TPSA) is 83.9 Å². The smallest absolute Gasteiger partial charge is 0.176 e. The standard InChI is InChI=1S/C32H52N2O2/c1-11-13-28(4,5)15-17-30(8,34)18-16-29(6,7)32(10)14-12-25-23(3)27(36)24(21-33)20-31(25,9)26(32)19-22(2)35/h19-20,23,25H,11-18,34H2,1-10H3/b26-19-/t23-,25-,30-,31-,32+/m0/s1. The fraction of sp³-hybridized carbons (Fsp3) is 0.781. The Morgan fingerprint density at radius 1 is 1.14 bits per heavy atom. The third-order valence-corrected chi connectivity index (χ3v) is 10.2. The summed E-state index contributed by atoms with van der Waals surface area (Å²) in [4.78, 5) is 25.4. The van der Waals surface area contributed by atoms with Gasteiger partial charge in [-0.15, -0.1) is 0 Å². The molecule has 0 spiro atoms. The van der Waals surface area contributed by atoms with Crippen molar-refractivity contribution in [2.75, 3.05) is 0 Å². The van der Waals surface area contributed by atoms with Gasteiger partial charge in [0.25, 0.3) is 0 Å². The van der Waals surface area contributed by atoms with E-state index in [1.807, 2.05) is 19.1 Å². The average molecular weight is 497 g/mol. The summed E-state index contributed by atoms with van der Waals surface area (Å²) in [6, 6.07) is 2.15. The van der Waals surface area contributed by atoms with Crippen molar-refractivity contribution >= 4 is 11.6 Å². The molecule has 0 aromatic rings. The molecule has 0 heterocycles. The highest BCUT2D eigenvalue weighted by molar-refractivity contribution is 6.02. The normalized spacial score (nSPS) is 31.9. The van der Waals surface area contributed by atoms with Crippen LogP contribution in [0.15, 0.2) is 23.3 Å². The molecule has 5 atom stereocenters. The van der Waals surface area contributed by atoms with Crippen LogP contribution in [0.1, 0.15) is 121 Å². The molecule has 2 N–H and O–H groups in total. The summed E-state index contributed by atoms with van der Waals surface area (Å²) in [6.07, 6.45) is 11.9. The number of nitriles is 1. The van der Waals surface area contributed by atoms with Crippen LogP contribution in [-0.2, 0) is 9.59 Å². The first-order valence-electron chi connectivity index (χ1n) is 14.0. The maximum Gasteiger partial charge on any atom is 0.176 e. The molecule has 2 aliphatic rings. The number of nitrogens with two attached hydrogens (primary N) is 1. The first-order valence-corrected chi connectivity index (χ1v) is 14.0. The predicted octanol–water partition coefficient (Wildman–Crippen LogP) is 7.72. The number of hydrogen-bond acceptors (Lipinski definition) is 4. The predicted molar refractivity (Wildman–Crippen MR) is 149 cm³/mol. The molecule has 0 aromatic carbocycles. The zero-order valence-electron chi connectivity index (χ0n) is 24.8. The van der Waals surface area contributed by atoms with Crippen LogP contribution in [0, 0.1) is 44.8 Å². The fourth-order valence-electron chi connectivity index (χ4n) is 7.16. The Bertz CT molecular complexity index is 961. The number of allylic oxidation sites excluding steroid dienone is 4. The van der Waals surface area contributed by atoms with Crippen molar-refractivity contribution in [1.29, 1.82) is 5.26 Å². The Labute approximate surface area is 221 Å². The molecule has 0 unspecified atom stereocenters. The van der Waals surface area contributed by atoms with Crippen LogP contribution in [0.5, 0.6) is 0 Å². The maximum atomic E-state index is 12.8. The molecule has 4 heteroatoms. The summed E-state index contributed by atoms with van der Waals surface area (Å²) in [5, 5.41) is 9.72. The van der Waals surface area contributed by atoms with Crippen molar-refractivity contribution in [2.24, 2.45) is 39.2 Å². The highest BCUT2D eigenvalue weighted by atomic mass is 16.1. The van der Waals surface area contributed by atoms with Gasteiger partial charge in [-0.1, -0.05) is 73.5 Å². The van der Waals surface area contributed by atoms with Crippen molar-refractivity contribution in [1.82, 2.24) is 0 Å². The molecule has 36 heavy (non-hydrogen) atoms. The Hall–Kier alpha value is -1.73. The van der Waals surface area contributed by atoms with E-state index < -0.39 is 5.41 Å². The van der Waals surface area contributed by atoms with E-state index in [-0.39, 0.29) is 45.3 Å². The number of rotatable bonds is 10. The molecule has 0 aliphatic heterocycles. The Kier molecular flexibility index (Phi) is 8.95. The van der Waals surface area contributed by atoms with E-state index in [0.717, 1.165) is 44.1 Å². The van der Waals surface area contributed by atoms with Gasteiger partial charge in [0.1, 0.15) is 6.07 Å². The van der Waals surface area contributed by atoms with Crippen LogP contribution in [0.25, 0.3) is 0 Å². The van der Waals surface area contributed by atoms with Gasteiger partial charge in [-0.2, -0.15) is 5.26 Å². The molecule has 0 bridgehead atoms. The summed E-state index contributed by atoms with van der Waals surface area (Å²) >= 11 is 0. The van der Waals surface area contributed by atoms with Crippen LogP contribution < -0.4 is 5.73 Å². The van der Waals surface area contributed by atoms with Gasteiger partial charge in [0.05, 0.1) is 5.57 Å². The molecule has 202 valence electrons. The second-order valence-electron chi connectivity index (χ2n) is 14.2. The molecule has 2 aliphatic carbocycles. The molecule has 0 radical (unpaired) electrons. The molecular formula is C32H52N2O2. The number of Topliss-reactive ketones (excluding diaryl/α,β-unsaturated/α-hetero) is 1. The Balaban J connectivity index is 2.40. The van der Waals surface area contributed by atoms with Crippen LogP contribution in [0.4, 0.5) is 0 Å². The van der Waals surface area contributed by atoms with Crippen molar-refractivity contribution in [3.8, 4) is 6.07 Å². The van der Waals surface area contributed by atoms with E-state index in [4.69, 9.17) is 5.73 Å². The first kappa shape index (κ1) is 30.5. The third-order valence-electron chi connectivity index (χ3n) is 10.2. The van der Waals surface area contributed by atoms with E-state index in [2.05, 4.69) is 61.5 Å². The van der Waals surface area contributed by atoms with E-state index >= 15 is 0 Å². The second-order valence-corrected chi connectivity index (χ2v) is 14.2. The van der Waals surface area contributed by atoms with E-state index in [9.17, 15) is 14.9 Å². The van der Waals surface area contributed by atoms with Gasteiger partial charge in [-0.05, 0) is 87.0 Å². The lowest BCUT2D eigenvalue weighted by molar-refractivity contribution is -0.123. The minimum absolute atomic E-state index is 0.0205. The lowest BCUT2D eigenvalue weighted by Gasteiger charge is -2.59. The third kappa shape index (κ3) is 6.04. The van der Waals surface area contributed by atoms with Gasteiger partial charge >= 0.3 is 0 Å². The number of hydrogen-bond donors (Lipinski definition) is 1. The van der Waals surface area contributed by atoms with Crippen LogP contribution in [-0.4, -0.2) is 17.1 Å². The molecule has 0 amide bonds. The number of carbonyl (C=O) groups excluding carboxylic acids is 2. The van der Waals surface area contributed by atoms with Gasteiger partial charge in [0.2, 0.25) is 0 Å². The molecule has 0 aromatic heterocycles. The number of carbonyl (C=O) groups is 2. The SMILES string of the molecule is CCCC(C)(C)CC[C@](C)(N)CCC(C)(C)[C@]1(C)CC[C@H]2[C@H](C)C(=O)C(C#N)=C[C@]2(C)/C1=C/C(C)=O. The van der Waals surface area contributed by atoms with Gasteiger partial charge in [-0.25, -0.2) is 0 Å². The van der Waals surface area contributed by atoms with Crippen LogP contribution in [0.2, 0.25) is 0 Å². The number of fused-ring (bicyclic) bond motifs is 1.